The molecule has 2 aromatic carbocycles. The van der Waals surface area contributed by atoms with E-state index in [1.165, 1.54) is 28.9 Å². The molecule has 0 fully saturated rings. The van der Waals surface area contributed by atoms with Crippen LogP contribution in [-0.2, 0) is 0 Å². The normalized spacial score (nSPS) is 10.8. The fraction of sp³-hybridized carbons (Fsp3) is 0. The van der Waals surface area contributed by atoms with E-state index in [1.807, 2.05) is 0 Å². The second-order valence-corrected chi connectivity index (χ2v) is 4.89. The molecule has 0 unspecified atom stereocenters. The SMILES string of the molecule is Nc1cn(-c2ccc(Cl)c(F)c2)nc1-c1cccc(F)c1. The van der Waals surface area contributed by atoms with Crippen molar-refractivity contribution in [3.63, 3.8) is 0 Å². The molecule has 0 aliphatic carbocycles. The van der Waals surface area contributed by atoms with Gasteiger partial charge in [0.2, 0.25) is 0 Å². The van der Waals surface area contributed by atoms with Gasteiger partial charge in [0.15, 0.2) is 0 Å². The van der Waals surface area contributed by atoms with E-state index < -0.39 is 5.82 Å². The van der Waals surface area contributed by atoms with Gasteiger partial charge >= 0.3 is 0 Å². The number of nitrogens with two attached hydrogens (primary N) is 1. The molecule has 0 bridgehead atoms. The predicted molar refractivity (Wildman–Crippen MR) is 78.3 cm³/mol. The molecule has 0 aliphatic heterocycles. The fourth-order valence-corrected chi connectivity index (χ4v) is 2.12. The highest BCUT2D eigenvalue weighted by molar-refractivity contribution is 6.30. The van der Waals surface area contributed by atoms with Gasteiger partial charge in [-0.1, -0.05) is 23.7 Å². The lowest BCUT2D eigenvalue weighted by Crippen LogP contribution is -1.96. The second kappa shape index (κ2) is 5.18. The van der Waals surface area contributed by atoms with E-state index in [0.29, 0.717) is 22.6 Å². The molecule has 6 heteroatoms. The molecule has 3 rings (SSSR count). The molecule has 0 atom stereocenters. The zero-order valence-electron chi connectivity index (χ0n) is 10.7. The standard InChI is InChI=1S/C15H10ClF2N3/c16-12-5-4-11(7-13(12)18)21-8-14(19)15(20-21)9-2-1-3-10(17)6-9/h1-8H,19H2. The zero-order chi connectivity index (χ0) is 15.0. The molecule has 2 N–H and O–H groups in total. The first kappa shape index (κ1) is 13.6. The number of hydrogen-bond acceptors (Lipinski definition) is 2. The minimum atomic E-state index is -0.546. The van der Waals surface area contributed by atoms with Gasteiger partial charge in [0, 0.05) is 11.6 Å². The van der Waals surface area contributed by atoms with Crippen LogP contribution >= 0.6 is 11.6 Å². The lowest BCUT2D eigenvalue weighted by Gasteiger charge is -2.02. The Labute approximate surface area is 124 Å². The van der Waals surface area contributed by atoms with Crippen LogP contribution < -0.4 is 5.73 Å². The summed E-state index contributed by atoms with van der Waals surface area (Å²) in [7, 11) is 0. The summed E-state index contributed by atoms with van der Waals surface area (Å²) in [4.78, 5) is 0. The van der Waals surface area contributed by atoms with Crippen LogP contribution in [0.5, 0.6) is 0 Å². The summed E-state index contributed by atoms with van der Waals surface area (Å²) in [6.07, 6.45) is 1.54. The van der Waals surface area contributed by atoms with Gasteiger partial charge in [-0.25, -0.2) is 13.5 Å². The van der Waals surface area contributed by atoms with Gasteiger partial charge in [-0.3, -0.25) is 0 Å². The van der Waals surface area contributed by atoms with Gasteiger partial charge in [-0.05, 0) is 24.3 Å². The summed E-state index contributed by atoms with van der Waals surface area (Å²) in [5, 5.41) is 4.31. The third kappa shape index (κ3) is 2.60. The summed E-state index contributed by atoms with van der Waals surface area (Å²) in [6, 6.07) is 10.3. The fourth-order valence-electron chi connectivity index (χ4n) is 2.01. The van der Waals surface area contributed by atoms with E-state index in [9.17, 15) is 8.78 Å². The number of anilines is 1. The van der Waals surface area contributed by atoms with Crippen molar-refractivity contribution in [2.24, 2.45) is 0 Å². The second-order valence-electron chi connectivity index (χ2n) is 4.49. The number of nitrogens with zero attached hydrogens (tertiary/aromatic N) is 2. The lowest BCUT2D eigenvalue weighted by atomic mass is 10.1. The van der Waals surface area contributed by atoms with Gasteiger partial charge in [0.05, 0.1) is 22.6 Å². The van der Waals surface area contributed by atoms with E-state index in [4.69, 9.17) is 17.3 Å². The Hall–Kier alpha value is -2.40. The number of benzene rings is 2. The molecule has 106 valence electrons. The van der Waals surface area contributed by atoms with Crippen molar-refractivity contribution in [1.29, 1.82) is 0 Å². The first-order valence-electron chi connectivity index (χ1n) is 6.11. The number of halogens is 3. The Morgan fingerprint density at radius 1 is 1.10 bits per heavy atom. The van der Waals surface area contributed by atoms with Crippen LogP contribution in [0.25, 0.3) is 16.9 Å². The van der Waals surface area contributed by atoms with Gasteiger partial charge in [0.25, 0.3) is 0 Å². The van der Waals surface area contributed by atoms with Crippen LogP contribution in [-0.4, -0.2) is 9.78 Å². The molecule has 0 saturated heterocycles. The Morgan fingerprint density at radius 2 is 1.90 bits per heavy atom. The van der Waals surface area contributed by atoms with Crippen molar-refractivity contribution < 1.29 is 8.78 Å². The van der Waals surface area contributed by atoms with Crippen molar-refractivity contribution in [3.05, 3.63) is 65.3 Å². The smallest absolute Gasteiger partial charge is 0.143 e. The molecule has 0 spiro atoms. The van der Waals surface area contributed by atoms with E-state index in [-0.39, 0.29) is 10.8 Å². The lowest BCUT2D eigenvalue weighted by molar-refractivity contribution is 0.626. The molecule has 0 saturated carbocycles. The topological polar surface area (TPSA) is 43.8 Å². The monoisotopic (exact) mass is 305 g/mol. The van der Waals surface area contributed by atoms with Crippen LogP contribution in [0.3, 0.4) is 0 Å². The van der Waals surface area contributed by atoms with E-state index in [2.05, 4.69) is 5.10 Å². The highest BCUT2D eigenvalue weighted by atomic mass is 35.5. The largest absolute Gasteiger partial charge is 0.396 e. The van der Waals surface area contributed by atoms with Crippen molar-refractivity contribution in [2.75, 3.05) is 5.73 Å². The summed E-state index contributed by atoms with van der Waals surface area (Å²) in [5.41, 5.74) is 7.74. The quantitative estimate of drug-likeness (QED) is 0.776. The molecule has 0 radical (unpaired) electrons. The molecule has 1 aromatic heterocycles. The average molecular weight is 306 g/mol. The van der Waals surface area contributed by atoms with Crippen molar-refractivity contribution >= 4 is 17.3 Å². The third-order valence-corrected chi connectivity index (χ3v) is 3.31. The summed E-state index contributed by atoms with van der Waals surface area (Å²) in [5.74, 6) is -0.922. The predicted octanol–water partition coefficient (Wildman–Crippen LogP) is 4.05. The maximum absolute atomic E-state index is 13.5. The van der Waals surface area contributed by atoms with Crippen LogP contribution in [0.15, 0.2) is 48.7 Å². The Bertz CT molecular complexity index is 814. The van der Waals surface area contributed by atoms with Crippen molar-refractivity contribution in [3.8, 4) is 16.9 Å². The molecule has 0 amide bonds. The van der Waals surface area contributed by atoms with E-state index >= 15 is 0 Å². The molecule has 21 heavy (non-hydrogen) atoms. The van der Waals surface area contributed by atoms with Crippen molar-refractivity contribution in [1.82, 2.24) is 9.78 Å². The van der Waals surface area contributed by atoms with E-state index in [0.717, 1.165) is 0 Å². The summed E-state index contributed by atoms with van der Waals surface area (Å²) < 4.78 is 28.2. The molecule has 3 aromatic rings. The first-order valence-corrected chi connectivity index (χ1v) is 6.49. The van der Waals surface area contributed by atoms with Gasteiger partial charge in [-0.2, -0.15) is 5.10 Å². The summed E-state index contributed by atoms with van der Waals surface area (Å²) >= 11 is 5.65. The first-order chi connectivity index (χ1) is 10.0. The number of nitrogen functional groups attached to an aromatic ring is 1. The van der Waals surface area contributed by atoms with Crippen molar-refractivity contribution in [2.45, 2.75) is 0 Å². The molecule has 1 heterocycles. The third-order valence-electron chi connectivity index (χ3n) is 3.01. The Morgan fingerprint density at radius 3 is 2.62 bits per heavy atom. The highest BCUT2D eigenvalue weighted by Crippen LogP contribution is 2.26. The van der Waals surface area contributed by atoms with Crippen LogP contribution in [0.2, 0.25) is 5.02 Å². The number of hydrogen-bond donors (Lipinski definition) is 1. The van der Waals surface area contributed by atoms with Crippen LogP contribution in [0, 0.1) is 11.6 Å². The Balaban J connectivity index is 2.07. The summed E-state index contributed by atoms with van der Waals surface area (Å²) in [6.45, 7) is 0. The maximum Gasteiger partial charge on any atom is 0.143 e. The van der Waals surface area contributed by atoms with Gasteiger partial charge < -0.3 is 5.73 Å². The van der Waals surface area contributed by atoms with Crippen LogP contribution in [0.1, 0.15) is 0 Å². The molecular weight excluding hydrogens is 296 g/mol. The van der Waals surface area contributed by atoms with Gasteiger partial charge in [-0.15, -0.1) is 0 Å². The van der Waals surface area contributed by atoms with Crippen LogP contribution in [0.4, 0.5) is 14.5 Å². The maximum atomic E-state index is 13.5. The minimum absolute atomic E-state index is 0.0317. The highest BCUT2D eigenvalue weighted by Gasteiger charge is 2.11. The zero-order valence-corrected chi connectivity index (χ0v) is 11.5. The number of aromatic nitrogens is 2. The average Bonchev–Trinajstić information content (AvgIpc) is 2.84. The van der Waals surface area contributed by atoms with E-state index in [1.54, 1.807) is 24.4 Å². The molecule has 3 nitrogen and oxygen atoms in total. The number of rotatable bonds is 2. The molecule has 0 aliphatic rings. The Kier molecular flexibility index (Phi) is 3.35. The molecular formula is C15H10ClF2N3. The van der Waals surface area contributed by atoms with Gasteiger partial charge in [0.1, 0.15) is 17.3 Å². The minimum Gasteiger partial charge on any atom is -0.396 e.